The zero-order valence-electron chi connectivity index (χ0n) is 5.61. The monoisotopic (exact) mass is 177 g/mol. The summed E-state index contributed by atoms with van der Waals surface area (Å²) < 4.78 is 25.1. The van der Waals surface area contributed by atoms with E-state index in [2.05, 4.69) is 16.4 Å². The maximum absolute atomic E-state index is 12.5. The van der Waals surface area contributed by atoms with Gasteiger partial charge in [0.2, 0.25) is 0 Å². The van der Waals surface area contributed by atoms with E-state index in [4.69, 9.17) is 11.6 Å². The molecule has 0 aromatic carbocycles. The van der Waals surface area contributed by atoms with Crippen molar-refractivity contribution in [2.75, 3.05) is 0 Å². The van der Waals surface area contributed by atoms with Gasteiger partial charge >= 0.3 is 0 Å². The summed E-state index contributed by atoms with van der Waals surface area (Å²) in [5, 5.41) is 6.16. The molecular formula is C6H4ClF2N2. The van der Waals surface area contributed by atoms with Gasteiger partial charge < -0.3 is 0 Å². The molecule has 0 atom stereocenters. The quantitative estimate of drug-likeness (QED) is 0.656. The lowest BCUT2D eigenvalue weighted by molar-refractivity contribution is 0.0170. The Hall–Kier alpha value is -0.770. The lowest BCUT2D eigenvalue weighted by atomic mass is 10.2. The van der Waals surface area contributed by atoms with Crippen molar-refractivity contribution in [3.63, 3.8) is 0 Å². The Morgan fingerprint density at radius 2 is 2.27 bits per heavy atom. The molecule has 1 aromatic rings. The Bertz CT molecular complexity index is 259. The number of rotatable bonds is 1. The fraction of sp³-hybridized carbons (Fsp3) is 0.333. The van der Waals surface area contributed by atoms with Crippen LogP contribution in [0.25, 0.3) is 0 Å². The number of aromatic nitrogens is 2. The molecule has 1 heterocycles. The fourth-order valence-electron chi connectivity index (χ4n) is 0.587. The molecule has 0 aliphatic carbocycles. The molecular weight excluding hydrogens is 174 g/mol. The van der Waals surface area contributed by atoms with Crippen molar-refractivity contribution in [1.29, 1.82) is 0 Å². The molecule has 0 unspecified atom stereocenters. The average molecular weight is 178 g/mol. The van der Waals surface area contributed by atoms with Crippen molar-refractivity contribution in [1.82, 2.24) is 10.2 Å². The molecule has 0 amide bonds. The summed E-state index contributed by atoms with van der Waals surface area (Å²) in [5.41, 5.74) is -0.353. The number of halogens is 3. The van der Waals surface area contributed by atoms with Gasteiger partial charge in [-0.05, 0) is 6.07 Å². The SMILES string of the molecule is CC(F)(F)c1c[c]nnc1Cl. The predicted octanol–water partition coefficient (Wildman–Crippen LogP) is 2.04. The molecule has 1 aromatic heterocycles. The first-order valence-corrected chi connectivity index (χ1v) is 3.17. The fourth-order valence-corrected chi connectivity index (χ4v) is 0.846. The minimum absolute atomic E-state index is 0.281. The molecule has 1 radical (unpaired) electrons. The van der Waals surface area contributed by atoms with Crippen LogP contribution in [0.4, 0.5) is 8.78 Å². The van der Waals surface area contributed by atoms with E-state index < -0.39 is 5.92 Å². The van der Waals surface area contributed by atoms with Gasteiger partial charge in [0.15, 0.2) is 5.15 Å². The van der Waals surface area contributed by atoms with Crippen LogP contribution in [0.3, 0.4) is 0 Å². The Kier molecular flexibility index (Phi) is 2.04. The van der Waals surface area contributed by atoms with Crippen molar-refractivity contribution in [3.05, 3.63) is 23.0 Å². The van der Waals surface area contributed by atoms with E-state index in [1.165, 1.54) is 0 Å². The van der Waals surface area contributed by atoms with Gasteiger partial charge in [-0.2, -0.15) is 0 Å². The molecule has 0 fully saturated rings. The molecule has 11 heavy (non-hydrogen) atoms. The Balaban J connectivity index is 3.14. The van der Waals surface area contributed by atoms with E-state index in [1.807, 2.05) is 0 Å². The van der Waals surface area contributed by atoms with Gasteiger partial charge in [0.1, 0.15) is 6.20 Å². The lowest BCUT2D eigenvalue weighted by Crippen LogP contribution is -2.08. The Morgan fingerprint density at radius 3 is 2.64 bits per heavy atom. The zero-order valence-corrected chi connectivity index (χ0v) is 6.36. The van der Waals surface area contributed by atoms with Crippen molar-refractivity contribution < 1.29 is 8.78 Å². The predicted molar refractivity (Wildman–Crippen MR) is 35.4 cm³/mol. The summed E-state index contributed by atoms with van der Waals surface area (Å²) in [6, 6.07) is 1.02. The number of nitrogens with zero attached hydrogens (tertiary/aromatic N) is 2. The number of hydrogen-bond acceptors (Lipinski definition) is 2. The van der Waals surface area contributed by atoms with Crippen LogP contribution in [0, 0.1) is 6.20 Å². The molecule has 0 spiro atoms. The molecule has 5 heteroatoms. The van der Waals surface area contributed by atoms with Gasteiger partial charge in [-0.3, -0.25) is 0 Å². The summed E-state index contributed by atoms with van der Waals surface area (Å²) >= 11 is 5.34. The second kappa shape index (κ2) is 2.70. The lowest BCUT2D eigenvalue weighted by Gasteiger charge is -2.09. The maximum atomic E-state index is 12.5. The summed E-state index contributed by atoms with van der Waals surface area (Å²) in [7, 11) is 0. The van der Waals surface area contributed by atoms with Gasteiger partial charge in [0, 0.05) is 6.92 Å². The van der Waals surface area contributed by atoms with Crippen molar-refractivity contribution in [3.8, 4) is 0 Å². The third-order valence-corrected chi connectivity index (χ3v) is 1.38. The molecule has 0 bridgehead atoms. The van der Waals surface area contributed by atoms with E-state index in [0.717, 1.165) is 13.0 Å². The second-order valence-electron chi connectivity index (χ2n) is 2.07. The summed E-state index contributed by atoms with van der Waals surface area (Å²) in [4.78, 5) is 0. The molecule has 1 rings (SSSR count). The molecule has 59 valence electrons. The van der Waals surface area contributed by atoms with Crippen LogP contribution in [0.2, 0.25) is 5.15 Å². The van der Waals surface area contributed by atoms with Crippen LogP contribution in [0.15, 0.2) is 6.07 Å². The van der Waals surface area contributed by atoms with Crippen molar-refractivity contribution in [2.24, 2.45) is 0 Å². The minimum Gasteiger partial charge on any atom is -0.202 e. The molecule has 0 aliphatic rings. The zero-order chi connectivity index (χ0) is 8.48. The van der Waals surface area contributed by atoms with Gasteiger partial charge in [-0.1, -0.05) is 11.6 Å². The van der Waals surface area contributed by atoms with Gasteiger partial charge in [0.25, 0.3) is 5.92 Å². The van der Waals surface area contributed by atoms with Crippen LogP contribution in [-0.2, 0) is 5.92 Å². The van der Waals surface area contributed by atoms with E-state index in [-0.39, 0.29) is 10.7 Å². The van der Waals surface area contributed by atoms with Crippen molar-refractivity contribution in [2.45, 2.75) is 12.8 Å². The normalized spacial score (nSPS) is 11.6. The van der Waals surface area contributed by atoms with E-state index in [1.54, 1.807) is 0 Å². The molecule has 0 N–H and O–H groups in total. The first-order valence-electron chi connectivity index (χ1n) is 2.79. The van der Waals surface area contributed by atoms with Crippen LogP contribution >= 0.6 is 11.6 Å². The van der Waals surface area contributed by atoms with Gasteiger partial charge in [-0.15, -0.1) is 10.2 Å². The molecule has 0 aliphatic heterocycles. The van der Waals surface area contributed by atoms with E-state index in [9.17, 15) is 8.78 Å². The minimum atomic E-state index is -2.98. The third kappa shape index (κ3) is 1.83. The highest BCUT2D eigenvalue weighted by Gasteiger charge is 2.27. The topological polar surface area (TPSA) is 25.8 Å². The maximum Gasteiger partial charge on any atom is 0.273 e. The van der Waals surface area contributed by atoms with Crippen LogP contribution in [-0.4, -0.2) is 10.2 Å². The van der Waals surface area contributed by atoms with Gasteiger partial charge in [0.05, 0.1) is 5.56 Å². The van der Waals surface area contributed by atoms with Crippen LogP contribution in [0.5, 0.6) is 0 Å². The largest absolute Gasteiger partial charge is 0.273 e. The van der Waals surface area contributed by atoms with E-state index >= 15 is 0 Å². The average Bonchev–Trinajstić information content (AvgIpc) is 1.86. The standard InChI is InChI=1S/C6H4ClF2N2/c1-6(8,9)4-2-3-10-11-5(4)7/h2H,1H3. The molecule has 0 saturated carbocycles. The van der Waals surface area contributed by atoms with Crippen molar-refractivity contribution >= 4 is 11.6 Å². The third-order valence-electron chi connectivity index (χ3n) is 1.10. The van der Waals surface area contributed by atoms with Crippen LogP contribution < -0.4 is 0 Å². The first kappa shape index (κ1) is 8.33. The highest BCUT2D eigenvalue weighted by molar-refractivity contribution is 6.30. The Morgan fingerprint density at radius 1 is 1.64 bits per heavy atom. The smallest absolute Gasteiger partial charge is 0.202 e. The summed E-state index contributed by atoms with van der Waals surface area (Å²) in [6.45, 7) is 0.740. The second-order valence-corrected chi connectivity index (χ2v) is 2.42. The van der Waals surface area contributed by atoms with Crippen LogP contribution in [0.1, 0.15) is 12.5 Å². The highest BCUT2D eigenvalue weighted by Crippen LogP contribution is 2.30. The number of hydrogen-bond donors (Lipinski definition) is 0. The summed E-state index contributed by atoms with van der Waals surface area (Å²) in [6.07, 6.45) is 2.18. The highest BCUT2D eigenvalue weighted by atomic mass is 35.5. The Labute approximate surface area is 67.2 Å². The summed E-state index contributed by atoms with van der Waals surface area (Å²) in [5.74, 6) is -2.98. The molecule has 2 nitrogen and oxygen atoms in total. The van der Waals surface area contributed by atoms with E-state index in [0.29, 0.717) is 0 Å². The van der Waals surface area contributed by atoms with Gasteiger partial charge in [-0.25, -0.2) is 8.78 Å². The first-order chi connectivity index (χ1) is 5.02. The molecule has 0 saturated heterocycles. The number of alkyl halides is 2.